The van der Waals surface area contributed by atoms with Crippen LogP contribution in [0.3, 0.4) is 0 Å². The van der Waals surface area contributed by atoms with Crippen LogP contribution >= 0.6 is 11.6 Å². The fourth-order valence-electron chi connectivity index (χ4n) is 2.20. The molecule has 0 spiro atoms. The maximum absolute atomic E-state index is 12.0. The van der Waals surface area contributed by atoms with Crippen LogP contribution in [0.15, 0.2) is 30.3 Å². The van der Waals surface area contributed by atoms with Crippen molar-refractivity contribution in [1.29, 1.82) is 0 Å². The highest BCUT2D eigenvalue weighted by molar-refractivity contribution is 6.31. The van der Waals surface area contributed by atoms with Crippen LogP contribution in [0.2, 0.25) is 5.15 Å². The first-order valence-electron chi connectivity index (χ1n) is 7.65. The minimum atomic E-state index is -0.194. The molecule has 0 bridgehead atoms. The topological polar surface area (TPSA) is 46.9 Å². The van der Waals surface area contributed by atoms with Crippen LogP contribution in [0, 0.1) is 19.8 Å². The van der Waals surface area contributed by atoms with Gasteiger partial charge in [-0.15, -0.1) is 0 Å². The van der Waals surface area contributed by atoms with Crippen molar-refractivity contribution in [3.8, 4) is 0 Å². The molecule has 5 heteroatoms. The Kier molecular flexibility index (Phi) is 5.61. The van der Waals surface area contributed by atoms with Crippen LogP contribution in [0.4, 0.5) is 5.69 Å². The van der Waals surface area contributed by atoms with Gasteiger partial charge in [-0.1, -0.05) is 43.1 Å². The van der Waals surface area contributed by atoms with Crippen molar-refractivity contribution in [3.05, 3.63) is 52.3 Å². The van der Waals surface area contributed by atoms with Crippen molar-refractivity contribution in [1.82, 2.24) is 9.78 Å². The molecule has 0 aliphatic heterocycles. The summed E-state index contributed by atoms with van der Waals surface area (Å²) in [4.78, 5) is 12.0. The van der Waals surface area contributed by atoms with E-state index in [4.69, 9.17) is 11.6 Å². The number of anilines is 1. The van der Waals surface area contributed by atoms with E-state index in [2.05, 4.69) is 24.3 Å². The number of nitrogens with one attached hydrogen (secondary N) is 1. The number of hydrogen-bond acceptors (Lipinski definition) is 2. The molecule has 2 rings (SSSR count). The maximum Gasteiger partial charge on any atom is 0.248 e. The van der Waals surface area contributed by atoms with Gasteiger partial charge in [-0.05, 0) is 38.0 Å². The van der Waals surface area contributed by atoms with Gasteiger partial charge in [0.05, 0.1) is 5.69 Å². The van der Waals surface area contributed by atoms with E-state index in [9.17, 15) is 4.79 Å². The third kappa shape index (κ3) is 4.70. The Labute approximate surface area is 142 Å². The van der Waals surface area contributed by atoms with Gasteiger partial charge in [0.2, 0.25) is 5.91 Å². The molecule has 0 unspecified atom stereocenters. The number of carbonyl (C=O) groups is 1. The van der Waals surface area contributed by atoms with Gasteiger partial charge in [-0.2, -0.15) is 5.10 Å². The van der Waals surface area contributed by atoms with Gasteiger partial charge in [-0.3, -0.25) is 9.48 Å². The standard InChI is InChI=1S/C18H22ClN3O/c1-12(2)11-22-18(19)16(14(4)21-22)9-10-17(23)20-15-7-5-13(3)6-8-15/h5-10,12H,11H2,1-4H3,(H,20,23)/b10-9+. The fourth-order valence-corrected chi connectivity index (χ4v) is 2.51. The summed E-state index contributed by atoms with van der Waals surface area (Å²) in [5.74, 6) is 0.259. The van der Waals surface area contributed by atoms with Crippen LogP contribution in [-0.2, 0) is 11.3 Å². The molecule has 0 saturated carbocycles. The lowest BCUT2D eigenvalue weighted by atomic mass is 10.2. The third-order valence-electron chi connectivity index (χ3n) is 3.37. The van der Waals surface area contributed by atoms with Crippen molar-refractivity contribution in [2.45, 2.75) is 34.2 Å². The Morgan fingerprint density at radius 3 is 2.57 bits per heavy atom. The summed E-state index contributed by atoms with van der Waals surface area (Å²) in [6, 6.07) is 7.66. The molecule has 1 heterocycles. The molecule has 0 aliphatic carbocycles. The summed E-state index contributed by atoms with van der Waals surface area (Å²) >= 11 is 6.35. The lowest BCUT2D eigenvalue weighted by molar-refractivity contribution is -0.111. The molecule has 0 saturated heterocycles. The molecule has 0 radical (unpaired) electrons. The van der Waals surface area contributed by atoms with E-state index in [0.717, 1.165) is 29.1 Å². The second-order valence-electron chi connectivity index (χ2n) is 6.05. The monoisotopic (exact) mass is 331 g/mol. The second-order valence-corrected chi connectivity index (χ2v) is 6.41. The zero-order valence-corrected chi connectivity index (χ0v) is 14.7. The zero-order valence-electron chi connectivity index (χ0n) is 13.9. The summed E-state index contributed by atoms with van der Waals surface area (Å²) < 4.78 is 1.78. The molecule has 4 nitrogen and oxygen atoms in total. The van der Waals surface area contributed by atoms with Gasteiger partial charge in [-0.25, -0.2) is 0 Å². The summed E-state index contributed by atoms with van der Waals surface area (Å²) in [7, 11) is 0. The molecule has 1 aromatic heterocycles. The highest BCUT2D eigenvalue weighted by atomic mass is 35.5. The van der Waals surface area contributed by atoms with Crippen molar-refractivity contribution in [2.24, 2.45) is 5.92 Å². The number of nitrogens with zero attached hydrogens (tertiary/aromatic N) is 2. The number of rotatable bonds is 5. The normalized spacial score (nSPS) is 11.4. The van der Waals surface area contributed by atoms with Crippen molar-refractivity contribution in [3.63, 3.8) is 0 Å². The SMILES string of the molecule is Cc1ccc(NC(=O)/C=C/c2c(C)nn(CC(C)C)c2Cl)cc1. The van der Waals surface area contributed by atoms with Crippen LogP contribution in [0.1, 0.15) is 30.7 Å². The Hall–Kier alpha value is -2.07. The average molecular weight is 332 g/mol. The van der Waals surface area contributed by atoms with Gasteiger partial charge in [0.1, 0.15) is 5.15 Å². The number of benzene rings is 1. The van der Waals surface area contributed by atoms with Crippen LogP contribution in [0.25, 0.3) is 6.08 Å². The predicted octanol–water partition coefficient (Wildman–Crippen LogP) is 4.46. The number of amides is 1. The number of hydrogen-bond donors (Lipinski definition) is 1. The Balaban J connectivity index is 2.08. The van der Waals surface area contributed by atoms with E-state index in [1.54, 1.807) is 10.8 Å². The van der Waals surface area contributed by atoms with Gasteiger partial charge in [0.15, 0.2) is 0 Å². The molecule has 2 aromatic rings. The van der Waals surface area contributed by atoms with Crippen molar-refractivity contribution >= 4 is 29.3 Å². The van der Waals surface area contributed by atoms with Gasteiger partial charge in [0, 0.05) is 23.9 Å². The quantitative estimate of drug-likeness (QED) is 0.822. The highest BCUT2D eigenvalue weighted by Gasteiger charge is 2.12. The predicted molar refractivity (Wildman–Crippen MR) is 95.7 cm³/mol. The van der Waals surface area contributed by atoms with E-state index >= 15 is 0 Å². The van der Waals surface area contributed by atoms with Crippen molar-refractivity contribution < 1.29 is 4.79 Å². The molecule has 0 aliphatic rings. The summed E-state index contributed by atoms with van der Waals surface area (Å²) in [5.41, 5.74) is 3.52. The average Bonchev–Trinajstić information content (AvgIpc) is 2.73. The Morgan fingerprint density at radius 2 is 1.96 bits per heavy atom. The largest absolute Gasteiger partial charge is 0.323 e. The van der Waals surface area contributed by atoms with Gasteiger partial charge < -0.3 is 5.32 Å². The van der Waals surface area contributed by atoms with E-state index in [0.29, 0.717) is 11.1 Å². The zero-order chi connectivity index (χ0) is 17.0. The molecule has 0 atom stereocenters. The molecule has 122 valence electrons. The van der Waals surface area contributed by atoms with Crippen molar-refractivity contribution in [2.75, 3.05) is 5.32 Å². The molecular weight excluding hydrogens is 310 g/mol. The first-order chi connectivity index (χ1) is 10.9. The molecule has 1 amide bonds. The second kappa shape index (κ2) is 7.47. The molecule has 1 aromatic carbocycles. The summed E-state index contributed by atoms with van der Waals surface area (Å²) in [5, 5.41) is 7.81. The fraction of sp³-hybridized carbons (Fsp3) is 0.333. The smallest absolute Gasteiger partial charge is 0.248 e. The number of carbonyl (C=O) groups excluding carboxylic acids is 1. The third-order valence-corrected chi connectivity index (χ3v) is 3.77. The summed E-state index contributed by atoms with van der Waals surface area (Å²) in [6.45, 7) is 8.87. The Morgan fingerprint density at radius 1 is 1.30 bits per heavy atom. The van der Waals surface area contributed by atoms with Gasteiger partial charge >= 0.3 is 0 Å². The van der Waals surface area contributed by atoms with Crippen LogP contribution < -0.4 is 5.32 Å². The number of halogens is 1. The summed E-state index contributed by atoms with van der Waals surface area (Å²) in [6.07, 6.45) is 3.19. The highest BCUT2D eigenvalue weighted by Crippen LogP contribution is 2.22. The van der Waals surface area contributed by atoms with E-state index in [-0.39, 0.29) is 5.91 Å². The molecule has 1 N–H and O–H groups in total. The van der Waals surface area contributed by atoms with E-state index in [1.807, 2.05) is 38.1 Å². The molecular formula is C18H22ClN3O. The minimum absolute atomic E-state index is 0.194. The van der Waals surface area contributed by atoms with Crippen LogP contribution in [0.5, 0.6) is 0 Å². The maximum atomic E-state index is 12.0. The lowest BCUT2D eigenvalue weighted by Gasteiger charge is -2.05. The van der Waals surface area contributed by atoms with E-state index < -0.39 is 0 Å². The minimum Gasteiger partial charge on any atom is -0.323 e. The van der Waals surface area contributed by atoms with Crippen LogP contribution in [-0.4, -0.2) is 15.7 Å². The molecule has 0 fully saturated rings. The van der Waals surface area contributed by atoms with E-state index in [1.165, 1.54) is 6.08 Å². The first-order valence-corrected chi connectivity index (χ1v) is 8.03. The molecule has 23 heavy (non-hydrogen) atoms. The first kappa shape index (κ1) is 17.3. The Bertz CT molecular complexity index is 715. The number of aromatic nitrogens is 2. The lowest BCUT2D eigenvalue weighted by Crippen LogP contribution is -2.07. The number of aryl methyl sites for hydroxylation is 2. The van der Waals surface area contributed by atoms with Gasteiger partial charge in [0.25, 0.3) is 0 Å².